The van der Waals surface area contributed by atoms with Crippen molar-refractivity contribution < 1.29 is 9.90 Å². The van der Waals surface area contributed by atoms with E-state index in [1.807, 2.05) is 0 Å². The molecular formula is C13H22N4O2. The lowest BCUT2D eigenvalue weighted by Gasteiger charge is -2.22. The number of nitrogens with one attached hydrogen (secondary N) is 2. The molecule has 0 saturated heterocycles. The first kappa shape index (κ1) is 15.2. The van der Waals surface area contributed by atoms with Crippen LogP contribution in [0.15, 0.2) is 12.4 Å². The van der Waals surface area contributed by atoms with Crippen molar-refractivity contribution in [1.82, 2.24) is 9.97 Å². The molecule has 0 amide bonds. The van der Waals surface area contributed by atoms with E-state index in [9.17, 15) is 4.79 Å². The third kappa shape index (κ3) is 5.11. The van der Waals surface area contributed by atoms with Crippen LogP contribution in [0.1, 0.15) is 34.6 Å². The summed E-state index contributed by atoms with van der Waals surface area (Å²) in [6, 6.07) is 1.70. The average molecular weight is 266 g/mol. The van der Waals surface area contributed by atoms with Gasteiger partial charge in [0.25, 0.3) is 0 Å². The molecule has 0 aliphatic carbocycles. The summed E-state index contributed by atoms with van der Waals surface area (Å²) in [6.07, 6.45) is 1.41. The van der Waals surface area contributed by atoms with Gasteiger partial charge in [0.1, 0.15) is 23.5 Å². The molecule has 0 aliphatic rings. The molecule has 0 bridgehead atoms. The lowest BCUT2D eigenvalue weighted by molar-refractivity contribution is -0.141. The first-order valence-corrected chi connectivity index (χ1v) is 6.18. The van der Waals surface area contributed by atoms with Crippen molar-refractivity contribution in [1.29, 1.82) is 0 Å². The molecule has 1 aromatic rings. The third-order valence-corrected chi connectivity index (χ3v) is 2.44. The van der Waals surface area contributed by atoms with E-state index in [1.165, 1.54) is 6.33 Å². The quantitative estimate of drug-likeness (QED) is 0.757. The summed E-state index contributed by atoms with van der Waals surface area (Å²) < 4.78 is 0. The van der Waals surface area contributed by atoms with Crippen LogP contribution < -0.4 is 10.6 Å². The van der Waals surface area contributed by atoms with E-state index >= 15 is 0 Å². The van der Waals surface area contributed by atoms with Gasteiger partial charge < -0.3 is 15.7 Å². The predicted molar refractivity (Wildman–Crippen MR) is 75.3 cm³/mol. The van der Waals surface area contributed by atoms with Gasteiger partial charge in [-0.3, -0.25) is 0 Å². The van der Waals surface area contributed by atoms with Crippen molar-refractivity contribution in [2.24, 2.45) is 5.41 Å². The van der Waals surface area contributed by atoms with Crippen molar-refractivity contribution in [3.8, 4) is 0 Å². The van der Waals surface area contributed by atoms with Crippen molar-refractivity contribution in [3.63, 3.8) is 0 Å². The summed E-state index contributed by atoms with van der Waals surface area (Å²) in [5, 5.41) is 15.1. The molecule has 1 aromatic heterocycles. The minimum Gasteiger partial charge on any atom is -0.480 e. The van der Waals surface area contributed by atoms with Crippen LogP contribution in [-0.4, -0.2) is 33.1 Å². The predicted octanol–water partition coefficient (Wildman–Crippen LogP) is 2.21. The van der Waals surface area contributed by atoms with E-state index in [-0.39, 0.29) is 5.41 Å². The molecule has 6 nitrogen and oxygen atoms in total. The molecule has 0 radical (unpaired) electrons. The van der Waals surface area contributed by atoms with Gasteiger partial charge in [-0.2, -0.15) is 0 Å². The molecule has 0 atom stereocenters. The SMILES string of the molecule is CC(C)(C)CNc1cc(NC(C)(C)C(=O)O)ncn1. The van der Waals surface area contributed by atoms with Crippen molar-refractivity contribution in [3.05, 3.63) is 12.4 Å². The first-order valence-electron chi connectivity index (χ1n) is 6.18. The van der Waals surface area contributed by atoms with Crippen LogP contribution in [0, 0.1) is 5.41 Å². The third-order valence-electron chi connectivity index (χ3n) is 2.44. The number of nitrogens with zero attached hydrogens (tertiary/aromatic N) is 2. The lowest BCUT2D eigenvalue weighted by atomic mass is 9.97. The highest BCUT2D eigenvalue weighted by molar-refractivity contribution is 5.81. The van der Waals surface area contributed by atoms with Gasteiger partial charge in [0.05, 0.1) is 0 Å². The van der Waals surface area contributed by atoms with E-state index in [1.54, 1.807) is 19.9 Å². The molecule has 1 heterocycles. The second-order valence-electron chi connectivity index (χ2n) is 6.26. The Morgan fingerprint density at radius 2 is 1.79 bits per heavy atom. The summed E-state index contributed by atoms with van der Waals surface area (Å²) in [4.78, 5) is 19.2. The molecule has 0 spiro atoms. The summed E-state index contributed by atoms with van der Waals surface area (Å²) >= 11 is 0. The van der Waals surface area contributed by atoms with Gasteiger partial charge in [0.2, 0.25) is 0 Å². The van der Waals surface area contributed by atoms with E-state index < -0.39 is 11.5 Å². The van der Waals surface area contributed by atoms with Gasteiger partial charge in [0.15, 0.2) is 0 Å². The number of aliphatic carboxylic acids is 1. The maximum atomic E-state index is 11.0. The fourth-order valence-electron chi connectivity index (χ4n) is 1.25. The molecular weight excluding hydrogens is 244 g/mol. The zero-order valence-corrected chi connectivity index (χ0v) is 12.1. The number of rotatable bonds is 5. The topological polar surface area (TPSA) is 87.1 Å². The number of hydrogen-bond donors (Lipinski definition) is 3. The summed E-state index contributed by atoms with van der Waals surface area (Å²) in [7, 11) is 0. The zero-order chi connectivity index (χ0) is 14.7. The fourth-order valence-corrected chi connectivity index (χ4v) is 1.25. The largest absolute Gasteiger partial charge is 0.480 e. The Morgan fingerprint density at radius 3 is 2.32 bits per heavy atom. The van der Waals surface area contributed by atoms with Crippen molar-refractivity contribution in [2.75, 3.05) is 17.2 Å². The molecule has 3 N–H and O–H groups in total. The Hall–Kier alpha value is -1.85. The number of hydrogen-bond acceptors (Lipinski definition) is 5. The van der Waals surface area contributed by atoms with Crippen LogP contribution in [0.25, 0.3) is 0 Å². The van der Waals surface area contributed by atoms with Crippen LogP contribution in [0.4, 0.5) is 11.6 Å². The van der Waals surface area contributed by atoms with E-state index in [4.69, 9.17) is 5.11 Å². The molecule has 0 saturated carbocycles. The average Bonchev–Trinajstić information content (AvgIpc) is 2.25. The van der Waals surface area contributed by atoms with Crippen LogP contribution in [0.5, 0.6) is 0 Å². The number of carboxylic acids is 1. The van der Waals surface area contributed by atoms with Gasteiger partial charge in [-0.1, -0.05) is 20.8 Å². The smallest absolute Gasteiger partial charge is 0.328 e. The molecule has 0 unspecified atom stereocenters. The van der Waals surface area contributed by atoms with Crippen LogP contribution in [0.2, 0.25) is 0 Å². The standard InChI is InChI=1S/C13H22N4O2/c1-12(2,3)7-14-9-6-10(16-8-15-9)17-13(4,5)11(18)19/h6,8H,7H2,1-5H3,(H,18,19)(H2,14,15,16,17). The van der Waals surface area contributed by atoms with Crippen molar-refractivity contribution in [2.45, 2.75) is 40.2 Å². The summed E-state index contributed by atoms with van der Waals surface area (Å²) in [5.41, 5.74) is -0.936. The van der Waals surface area contributed by atoms with Crippen LogP contribution in [0.3, 0.4) is 0 Å². The molecule has 0 fully saturated rings. The second-order valence-corrected chi connectivity index (χ2v) is 6.26. The molecule has 6 heteroatoms. The Morgan fingerprint density at radius 1 is 1.21 bits per heavy atom. The minimum absolute atomic E-state index is 0.138. The highest BCUT2D eigenvalue weighted by Gasteiger charge is 2.27. The van der Waals surface area contributed by atoms with E-state index in [0.29, 0.717) is 11.6 Å². The maximum absolute atomic E-state index is 11.0. The van der Waals surface area contributed by atoms with Gasteiger partial charge in [0, 0.05) is 12.6 Å². The Balaban J connectivity index is 2.75. The molecule has 1 rings (SSSR count). The monoisotopic (exact) mass is 266 g/mol. The normalized spacial score (nSPS) is 12.1. The highest BCUT2D eigenvalue weighted by atomic mass is 16.4. The minimum atomic E-state index is -1.07. The maximum Gasteiger partial charge on any atom is 0.328 e. The van der Waals surface area contributed by atoms with E-state index in [2.05, 4.69) is 41.4 Å². The fraction of sp³-hybridized carbons (Fsp3) is 0.615. The van der Waals surface area contributed by atoms with Gasteiger partial charge >= 0.3 is 5.97 Å². The lowest BCUT2D eigenvalue weighted by Crippen LogP contribution is -2.40. The molecule has 106 valence electrons. The number of anilines is 2. The summed E-state index contributed by atoms with van der Waals surface area (Å²) in [5.74, 6) is 0.225. The Bertz CT molecular complexity index is 452. The molecule has 19 heavy (non-hydrogen) atoms. The van der Waals surface area contributed by atoms with Crippen LogP contribution >= 0.6 is 0 Å². The van der Waals surface area contributed by atoms with Gasteiger partial charge in [-0.05, 0) is 19.3 Å². The number of carbonyl (C=O) groups is 1. The van der Waals surface area contributed by atoms with Crippen LogP contribution in [-0.2, 0) is 4.79 Å². The Labute approximate surface area is 113 Å². The summed E-state index contributed by atoms with van der Waals surface area (Å²) in [6.45, 7) is 10.3. The zero-order valence-electron chi connectivity index (χ0n) is 12.1. The first-order chi connectivity index (χ1) is 8.60. The number of carboxylic acid groups (broad SMARTS) is 1. The molecule has 0 aromatic carbocycles. The van der Waals surface area contributed by atoms with E-state index in [0.717, 1.165) is 6.54 Å². The van der Waals surface area contributed by atoms with Gasteiger partial charge in [-0.25, -0.2) is 14.8 Å². The van der Waals surface area contributed by atoms with Crippen molar-refractivity contribution >= 4 is 17.6 Å². The Kier molecular flexibility index (Phi) is 4.34. The number of aromatic nitrogens is 2. The molecule has 0 aliphatic heterocycles. The second kappa shape index (κ2) is 5.42. The van der Waals surface area contributed by atoms with Gasteiger partial charge in [-0.15, -0.1) is 0 Å². The highest BCUT2D eigenvalue weighted by Crippen LogP contribution is 2.17.